The zero-order valence-electron chi connectivity index (χ0n) is 11.5. The molecule has 106 valence electrons. The van der Waals surface area contributed by atoms with E-state index in [2.05, 4.69) is 48.1 Å². The van der Waals surface area contributed by atoms with Crippen LogP contribution in [-0.4, -0.2) is 26.5 Å². The molecule has 0 spiro atoms. The van der Waals surface area contributed by atoms with Gasteiger partial charge in [0.2, 0.25) is 0 Å². The molecule has 0 radical (unpaired) electrons. The Kier molecular flexibility index (Phi) is 4.06. The van der Waals surface area contributed by atoms with Crippen LogP contribution in [0.5, 0.6) is 0 Å². The second-order valence-electron chi connectivity index (χ2n) is 4.58. The molecule has 6 heteroatoms. The Morgan fingerprint density at radius 2 is 1.90 bits per heavy atom. The zero-order valence-corrected chi connectivity index (χ0v) is 13.1. The Balaban J connectivity index is 2.01. The summed E-state index contributed by atoms with van der Waals surface area (Å²) in [7, 11) is 0. The molecule has 1 aromatic carbocycles. The van der Waals surface area contributed by atoms with Crippen LogP contribution in [0, 0.1) is 0 Å². The molecule has 1 N–H and O–H groups in total. The fraction of sp³-hybridized carbons (Fsp3) is 0.200. The van der Waals surface area contributed by atoms with Gasteiger partial charge in [0.1, 0.15) is 5.82 Å². The number of halogens is 1. The highest BCUT2D eigenvalue weighted by Crippen LogP contribution is 2.24. The highest BCUT2D eigenvalue weighted by atomic mass is 79.9. The van der Waals surface area contributed by atoms with Gasteiger partial charge in [-0.25, -0.2) is 9.97 Å². The number of hydrogen-bond acceptors (Lipinski definition) is 5. The van der Waals surface area contributed by atoms with Crippen LogP contribution < -0.4 is 5.32 Å². The lowest BCUT2D eigenvalue weighted by Gasteiger charge is -2.08. The third-order valence-corrected chi connectivity index (χ3v) is 3.59. The lowest BCUT2D eigenvalue weighted by atomic mass is 10.2. The third kappa shape index (κ3) is 3.00. The minimum absolute atomic E-state index is 0.671. The highest BCUT2D eigenvalue weighted by Gasteiger charge is 2.08. The van der Waals surface area contributed by atoms with Crippen molar-refractivity contribution in [1.82, 2.24) is 19.9 Å². The standard InChI is InChI=1S/C15H14BrN5/c1-2-5-19-15-11(16)9-20-14(21-15)10-3-4-12-13(8-10)18-7-6-17-12/h3-4,6-9H,2,5H2,1H3,(H,19,20,21). The van der Waals surface area contributed by atoms with Crippen LogP contribution in [0.25, 0.3) is 22.4 Å². The smallest absolute Gasteiger partial charge is 0.161 e. The molecule has 0 aliphatic heterocycles. The van der Waals surface area contributed by atoms with Gasteiger partial charge >= 0.3 is 0 Å². The summed E-state index contributed by atoms with van der Waals surface area (Å²) in [6, 6.07) is 5.85. The van der Waals surface area contributed by atoms with E-state index in [1.165, 1.54) is 0 Å². The van der Waals surface area contributed by atoms with Gasteiger partial charge in [-0.2, -0.15) is 0 Å². The Labute approximate surface area is 131 Å². The van der Waals surface area contributed by atoms with Gasteiger partial charge in [-0.05, 0) is 40.5 Å². The van der Waals surface area contributed by atoms with Crippen LogP contribution >= 0.6 is 15.9 Å². The summed E-state index contributed by atoms with van der Waals surface area (Å²) in [5, 5.41) is 3.28. The summed E-state index contributed by atoms with van der Waals surface area (Å²) in [6.07, 6.45) is 6.17. The van der Waals surface area contributed by atoms with Crippen molar-refractivity contribution in [2.75, 3.05) is 11.9 Å². The number of fused-ring (bicyclic) bond motifs is 1. The maximum Gasteiger partial charge on any atom is 0.161 e. The molecule has 0 aliphatic rings. The molecule has 0 bridgehead atoms. The summed E-state index contributed by atoms with van der Waals surface area (Å²) in [6.45, 7) is 2.99. The van der Waals surface area contributed by atoms with Crippen LogP contribution in [0.3, 0.4) is 0 Å². The maximum atomic E-state index is 4.57. The number of nitrogens with one attached hydrogen (secondary N) is 1. The zero-order chi connectivity index (χ0) is 14.7. The van der Waals surface area contributed by atoms with Crippen LogP contribution in [0.15, 0.2) is 41.3 Å². The van der Waals surface area contributed by atoms with E-state index in [1.807, 2.05) is 18.2 Å². The van der Waals surface area contributed by atoms with E-state index < -0.39 is 0 Å². The molecule has 0 amide bonds. The Hall–Kier alpha value is -2.08. The number of anilines is 1. The van der Waals surface area contributed by atoms with E-state index in [-0.39, 0.29) is 0 Å². The SMILES string of the molecule is CCCNc1nc(-c2ccc3nccnc3c2)ncc1Br. The van der Waals surface area contributed by atoms with E-state index in [0.717, 1.165) is 39.9 Å². The summed E-state index contributed by atoms with van der Waals surface area (Å²) in [5.74, 6) is 1.48. The number of hydrogen-bond donors (Lipinski definition) is 1. The molecule has 0 aliphatic carbocycles. The fourth-order valence-electron chi connectivity index (χ4n) is 1.98. The largest absolute Gasteiger partial charge is 0.369 e. The molecule has 0 fully saturated rings. The van der Waals surface area contributed by atoms with Crippen molar-refractivity contribution in [2.45, 2.75) is 13.3 Å². The topological polar surface area (TPSA) is 63.6 Å². The Bertz CT molecular complexity index is 775. The van der Waals surface area contributed by atoms with Crippen molar-refractivity contribution in [3.63, 3.8) is 0 Å². The van der Waals surface area contributed by atoms with Crippen molar-refractivity contribution in [3.8, 4) is 11.4 Å². The molecule has 3 aromatic rings. The summed E-state index contributed by atoms with van der Waals surface area (Å²) < 4.78 is 0.861. The summed E-state index contributed by atoms with van der Waals surface area (Å²) >= 11 is 3.46. The molecule has 3 rings (SSSR count). The second-order valence-corrected chi connectivity index (χ2v) is 5.43. The minimum Gasteiger partial charge on any atom is -0.369 e. The first kappa shape index (κ1) is 13.9. The van der Waals surface area contributed by atoms with E-state index in [4.69, 9.17) is 0 Å². The lowest BCUT2D eigenvalue weighted by molar-refractivity contribution is 0.963. The fourth-order valence-corrected chi connectivity index (χ4v) is 2.31. The van der Waals surface area contributed by atoms with Crippen molar-refractivity contribution < 1.29 is 0 Å². The molecule has 21 heavy (non-hydrogen) atoms. The average molecular weight is 344 g/mol. The molecule has 0 saturated heterocycles. The lowest BCUT2D eigenvalue weighted by Crippen LogP contribution is -2.04. The minimum atomic E-state index is 0.671. The van der Waals surface area contributed by atoms with Crippen LogP contribution in [0.1, 0.15) is 13.3 Å². The van der Waals surface area contributed by atoms with Crippen LogP contribution in [0.2, 0.25) is 0 Å². The first-order valence-electron chi connectivity index (χ1n) is 6.75. The second kappa shape index (κ2) is 6.13. The Morgan fingerprint density at radius 3 is 2.71 bits per heavy atom. The van der Waals surface area contributed by atoms with Gasteiger partial charge in [0.15, 0.2) is 5.82 Å². The van der Waals surface area contributed by atoms with E-state index in [9.17, 15) is 0 Å². The summed E-state index contributed by atoms with van der Waals surface area (Å²) in [5.41, 5.74) is 2.63. The third-order valence-electron chi connectivity index (χ3n) is 3.01. The predicted molar refractivity (Wildman–Crippen MR) is 87.0 cm³/mol. The van der Waals surface area contributed by atoms with Gasteiger partial charge in [0, 0.05) is 30.7 Å². The number of nitrogens with zero attached hydrogens (tertiary/aromatic N) is 4. The monoisotopic (exact) mass is 343 g/mol. The highest BCUT2D eigenvalue weighted by molar-refractivity contribution is 9.10. The molecule has 2 heterocycles. The van der Waals surface area contributed by atoms with Gasteiger partial charge < -0.3 is 5.32 Å². The van der Waals surface area contributed by atoms with E-state index >= 15 is 0 Å². The van der Waals surface area contributed by atoms with Gasteiger partial charge in [-0.1, -0.05) is 6.92 Å². The summed E-state index contributed by atoms with van der Waals surface area (Å²) in [4.78, 5) is 17.5. The molecular formula is C15H14BrN5. The number of benzene rings is 1. The number of aromatic nitrogens is 4. The maximum absolute atomic E-state index is 4.57. The molecule has 5 nitrogen and oxygen atoms in total. The van der Waals surface area contributed by atoms with Gasteiger partial charge in [-0.15, -0.1) is 0 Å². The quantitative estimate of drug-likeness (QED) is 0.782. The van der Waals surface area contributed by atoms with Crippen molar-refractivity contribution >= 4 is 32.8 Å². The van der Waals surface area contributed by atoms with Crippen molar-refractivity contribution in [1.29, 1.82) is 0 Å². The average Bonchev–Trinajstić information content (AvgIpc) is 2.53. The number of rotatable bonds is 4. The van der Waals surface area contributed by atoms with E-state index in [0.29, 0.717) is 5.82 Å². The molecule has 0 unspecified atom stereocenters. The van der Waals surface area contributed by atoms with Crippen molar-refractivity contribution in [3.05, 3.63) is 41.3 Å². The van der Waals surface area contributed by atoms with Crippen LogP contribution in [-0.2, 0) is 0 Å². The van der Waals surface area contributed by atoms with Crippen molar-refractivity contribution in [2.24, 2.45) is 0 Å². The van der Waals surface area contributed by atoms with E-state index in [1.54, 1.807) is 18.6 Å². The van der Waals surface area contributed by atoms with Crippen LogP contribution in [0.4, 0.5) is 5.82 Å². The molecule has 0 atom stereocenters. The molecule has 2 aromatic heterocycles. The first-order valence-corrected chi connectivity index (χ1v) is 7.55. The first-order chi connectivity index (χ1) is 10.3. The molecule has 0 saturated carbocycles. The predicted octanol–water partition coefficient (Wildman–Crippen LogP) is 3.67. The molecular weight excluding hydrogens is 330 g/mol. The van der Waals surface area contributed by atoms with Gasteiger partial charge in [0.25, 0.3) is 0 Å². The normalized spacial score (nSPS) is 10.8. The Morgan fingerprint density at radius 1 is 1.10 bits per heavy atom. The van der Waals surface area contributed by atoms with Gasteiger partial charge in [0.05, 0.1) is 15.5 Å². The van der Waals surface area contributed by atoms with Gasteiger partial charge in [-0.3, -0.25) is 9.97 Å².